The van der Waals surface area contributed by atoms with Crippen LogP contribution in [0.2, 0.25) is 15.1 Å². The molecule has 0 fully saturated rings. The minimum Gasteiger partial charge on any atom is -0.482 e. The van der Waals surface area contributed by atoms with Crippen molar-refractivity contribution < 1.29 is 9.53 Å². The molecule has 1 aromatic carbocycles. The summed E-state index contributed by atoms with van der Waals surface area (Å²) in [5.41, 5.74) is 0.709. The third-order valence-electron chi connectivity index (χ3n) is 3.16. The summed E-state index contributed by atoms with van der Waals surface area (Å²) in [7, 11) is 0. The molecule has 6 nitrogen and oxygen atoms in total. The maximum atomic E-state index is 11.9. The molecule has 124 valence electrons. The number of nitrogens with zero attached hydrogens (tertiary/aromatic N) is 3. The minimum atomic E-state index is -0.329. The van der Waals surface area contributed by atoms with Crippen molar-refractivity contribution in [3.05, 3.63) is 57.4 Å². The molecule has 24 heavy (non-hydrogen) atoms. The molecule has 1 N–H and O–H groups in total. The molecule has 2 heterocycles. The van der Waals surface area contributed by atoms with E-state index in [1.165, 1.54) is 12.1 Å². The fourth-order valence-corrected chi connectivity index (χ4v) is 2.59. The van der Waals surface area contributed by atoms with E-state index in [4.69, 9.17) is 39.5 Å². The van der Waals surface area contributed by atoms with Crippen LogP contribution in [0.15, 0.2) is 36.5 Å². The Labute approximate surface area is 152 Å². The van der Waals surface area contributed by atoms with Gasteiger partial charge in [0.25, 0.3) is 5.91 Å². The van der Waals surface area contributed by atoms with Crippen molar-refractivity contribution in [2.45, 2.75) is 6.54 Å². The number of pyridine rings is 1. The highest BCUT2D eigenvalue weighted by Crippen LogP contribution is 2.33. The Bertz CT molecular complexity index is 898. The first-order valence-electron chi connectivity index (χ1n) is 6.87. The molecule has 0 saturated carbocycles. The molecule has 0 spiro atoms. The Balaban J connectivity index is 1.57. The highest BCUT2D eigenvalue weighted by Gasteiger charge is 2.11. The number of nitrogens with one attached hydrogen (secondary N) is 1. The largest absolute Gasteiger partial charge is 0.482 e. The van der Waals surface area contributed by atoms with E-state index >= 15 is 0 Å². The molecular weight excluding hydrogens is 375 g/mol. The number of carbonyl (C=O) groups excluding carboxylic acids is 1. The van der Waals surface area contributed by atoms with Gasteiger partial charge in [0, 0.05) is 12.3 Å². The van der Waals surface area contributed by atoms with Crippen LogP contribution in [0.1, 0.15) is 5.82 Å². The summed E-state index contributed by atoms with van der Waals surface area (Å²) in [5.74, 6) is 0.575. The van der Waals surface area contributed by atoms with Gasteiger partial charge in [0.15, 0.2) is 18.1 Å². The standard InChI is InChI=1S/C15H11Cl3N4O2/c16-9-5-11(18)12(6-10(9)17)24-8-15(23)19-7-14-21-20-13-3-1-2-4-22(13)14/h1-6H,7-8H2,(H,19,23). The van der Waals surface area contributed by atoms with Crippen molar-refractivity contribution >= 4 is 46.4 Å². The van der Waals surface area contributed by atoms with Gasteiger partial charge in [-0.25, -0.2) is 0 Å². The third kappa shape index (κ3) is 3.72. The number of aromatic nitrogens is 3. The number of amides is 1. The summed E-state index contributed by atoms with van der Waals surface area (Å²) < 4.78 is 7.15. The summed E-state index contributed by atoms with van der Waals surface area (Å²) in [6, 6.07) is 8.47. The molecule has 0 saturated heterocycles. The monoisotopic (exact) mass is 384 g/mol. The van der Waals surface area contributed by atoms with Crippen molar-refractivity contribution in [2.75, 3.05) is 6.61 Å². The zero-order valence-corrected chi connectivity index (χ0v) is 14.4. The Morgan fingerprint density at radius 1 is 1.12 bits per heavy atom. The van der Waals surface area contributed by atoms with Crippen molar-refractivity contribution in [1.29, 1.82) is 0 Å². The van der Waals surface area contributed by atoms with Crippen molar-refractivity contribution in [2.24, 2.45) is 0 Å². The van der Waals surface area contributed by atoms with E-state index in [-0.39, 0.29) is 29.8 Å². The number of ether oxygens (including phenoxy) is 1. The lowest BCUT2D eigenvalue weighted by molar-refractivity contribution is -0.123. The first-order valence-corrected chi connectivity index (χ1v) is 8.00. The average molecular weight is 386 g/mol. The quantitative estimate of drug-likeness (QED) is 0.684. The smallest absolute Gasteiger partial charge is 0.258 e. The number of benzene rings is 1. The molecule has 0 aliphatic carbocycles. The molecule has 9 heteroatoms. The fourth-order valence-electron chi connectivity index (χ4n) is 2.00. The lowest BCUT2D eigenvalue weighted by Gasteiger charge is -2.09. The number of carbonyl (C=O) groups is 1. The maximum absolute atomic E-state index is 11.9. The fraction of sp³-hybridized carbons (Fsp3) is 0.133. The van der Waals surface area contributed by atoms with Gasteiger partial charge in [-0.15, -0.1) is 10.2 Å². The highest BCUT2D eigenvalue weighted by molar-refractivity contribution is 6.43. The molecule has 3 aromatic rings. The Morgan fingerprint density at radius 3 is 2.75 bits per heavy atom. The van der Waals surface area contributed by atoms with E-state index in [1.54, 1.807) is 4.40 Å². The molecule has 0 atom stereocenters. The second-order valence-corrected chi connectivity index (χ2v) is 6.03. The lowest BCUT2D eigenvalue weighted by Crippen LogP contribution is -2.29. The molecule has 0 aliphatic heterocycles. The molecule has 1 amide bonds. The summed E-state index contributed by atoms with van der Waals surface area (Å²) in [6.45, 7) is 0.0108. The molecule has 3 rings (SSSR count). The first kappa shape index (κ1) is 16.8. The van der Waals surface area contributed by atoms with Gasteiger partial charge in [-0.05, 0) is 18.2 Å². The van der Waals surface area contributed by atoms with Gasteiger partial charge >= 0.3 is 0 Å². The topological polar surface area (TPSA) is 68.5 Å². The second kappa shape index (κ2) is 7.25. The van der Waals surface area contributed by atoms with Crippen LogP contribution in [0.25, 0.3) is 5.65 Å². The molecule has 0 aliphatic rings. The Morgan fingerprint density at radius 2 is 1.92 bits per heavy atom. The molecule has 0 bridgehead atoms. The second-order valence-electron chi connectivity index (χ2n) is 4.81. The van der Waals surface area contributed by atoms with Crippen LogP contribution in [0.5, 0.6) is 5.75 Å². The van der Waals surface area contributed by atoms with Gasteiger partial charge in [0.1, 0.15) is 5.75 Å². The van der Waals surface area contributed by atoms with Crippen molar-refractivity contribution in [3.63, 3.8) is 0 Å². The van der Waals surface area contributed by atoms with Crippen molar-refractivity contribution in [1.82, 2.24) is 19.9 Å². The zero-order chi connectivity index (χ0) is 17.1. The van der Waals surface area contributed by atoms with E-state index in [0.29, 0.717) is 21.5 Å². The molecule has 2 aromatic heterocycles. The van der Waals surface area contributed by atoms with Gasteiger partial charge in [-0.2, -0.15) is 0 Å². The van der Waals surface area contributed by atoms with Gasteiger partial charge < -0.3 is 10.1 Å². The Kier molecular flexibility index (Phi) is 5.08. The van der Waals surface area contributed by atoms with Crippen molar-refractivity contribution in [3.8, 4) is 5.75 Å². The maximum Gasteiger partial charge on any atom is 0.258 e. The molecule has 0 unspecified atom stereocenters. The van der Waals surface area contributed by atoms with Crippen LogP contribution in [0.3, 0.4) is 0 Å². The van der Waals surface area contributed by atoms with Crippen LogP contribution in [-0.2, 0) is 11.3 Å². The first-order chi connectivity index (χ1) is 11.5. The normalized spacial score (nSPS) is 10.8. The number of halogens is 3. The average Bonchev–Trinajstić information content (AvgIpc) is 2.98. The minimum absolute atomic E-state index is 0.214. The summed E-state index contributed by atoms with van der Waals surface area (Å²) >= 11 is 17.7. The van der Waals surface area contributed by atoms with Crippen LogP contribution >= 0.6 is 34.8 Å². The predicted octanol–water partition coefficient (Wildman–Crippen LogP) is 3.38. The van der Waals surface area contributed by atoms with E-state index in [2.05, 4.69) is 15.5 Å². The highest BCUT2D eigenvalue weighted by atomic mass is 35.5. The molecule has 0 radical (unpaired) electrons. The van der Waals surface area contributed by atoms with Crippen LogP contribution < -0.4 is 10.1 Å². The number of fused-ring (bicyclic) bond motifs is 1. The summed E-state index contributed by atoms with van der Waals surface area (Å²) in [5, 5.41) is 11.6. The Hall–Kier alpha value is -2.02. The van der Waals surface area contributed by atoms with Gasteiger partial charge in [0.05, 0.1) is 21.6 Å². The van der Waals surface area contributed by atoms with E-state index in [9.17, 15) is 4.79 Å². The van der Waals surface area contributed by atoms with Crippen LogP contribution in [0, 0.1) is 0 Å². The van der Waals surface area contributed by atoms with Crippen LogP contribution in [-0.4, -0.2) is 27.1 Å². The third-order valence-corrected chi connectivity index (χ3v) is 4.18. The summed E-state index contributed by atoms with van der Waals surface area (Å²) in [4.78, 5) is 11.9. The van der Waals surface area contributed by atoms with E-state index in [1.807, 2.05) is 24.4 Å². The van der Waals surface area contributed by atoms with Gasteiger partial charge in [0.2, 0.25) is 0 Å². The lowest BCUT2D eigenvalue weighted by atomic mass is 10.3. The van der Waals surface area contributed by atoms with E-state index in [0.717, 1.165) is 0 Å². The van der Waals surface area contributed by atoms with Gasteiger partial charge in [-0.3, -0.25) is 9.20 Å². The number of rotatable bonds is 5. The summed E-state index contributed by atoms with van der Waals surface area (Å²) in [6.07, 6.45) is 1.82. The van der Waals surface area contributed by atoms with E-state index < -0.39 is 0 Å². The molecular formula is C15H11Cl3N4O2. The SMILES string of the molecule is O=C(COc1cc(Cl)c(Cl)cc1Cl)NCc1nnc2ccccn12. The predicted molar refractivity (Wildman–Crippen MR) is 91.8 cm³/mol. The van der Waals surface area contributed by atoms with Crippen LogP contribution in [0.4, 0.5) is 0 Å². The number of hydrogen-bond acceptors (Lipinski definition) is 4. The number of hydrogen-bond donors (Lipinski definition) is 1. The van der Waals surface area contributed by atoms with Gasteiger partial charge in [-0.1, -0.05) is 40.9 Å². The zero-order valence-electron chi connectivity index (χ0n) is 12.2.